The molecule has 6 heteroatoms. The summed E-state index contributed by atoms with van der Waals surface area (Å²) in [5.74, 6) is 1.89. The third-order valence-electron chi connectivity index (χ3n) is 4.86. The summed E-state index contributed by atoms with van der Waals surface area (Å²) in [5, 5.41) is 10.2. The molecule has 154 valence electrons. The van der Waals surface area contributed by atoms with Crippen LogP contribution in [-0.4, -0.2) is 43.3 Å². The molecule has 0 spiro atoms. The van der Waals surface area contributed by atoms with Crippen molar-refractivity contribution in [1.82, 2.24) is 15.6 Å². The van der Waals surface area contributed by atoms with Gasteiger partial charge in [-0.05, 0) is 25.2 Å². The first-order valence-corrected chi connectivity index (χ1v) is 11.3. The Balaban J connectivity index is 1.88. The second-order valence-electron chi connectivity index (χ2n) is 8.79. The van der Waals surface area contributed by atoms with Gasteiger partial charge in [0.1, 0.15) is 0 Å². The number of hydrogen-bond acceptors (Lipinski definition) is 4. The van der Waals surface area contributed by atoms with Gasteiger partial charge in [-0.25, -0.2) is 4.98 Å². The maximum absolute atomic E-state index is 6.09. The average Bonchev–Trinajstić information content (AvgIpc) is 3.08. The lowest BCUT2D eigenvalue weighted by atomic mass is 9.78. The molecule has 1 saturated heterocycles. The number of hydrogen-bond donors (Lipinski definition) is 2. The Morgan fingerprint density at radius 2 is 2.15 bits per heavy atom. The molecule has 2 atom stereocenters. The number of nitrogens with one attached hydrogen (secondary N) is 2. The molecule has 1 aromatic heterocycles. The van der Waals surface area contributed by atoms with Crippen LogP contribution in [0.2, 0.25) is 0 Å². The molecule has 0 aliphatic carbocycles. The van der Waals surface area contributed by atoms with Crippen LogP contribution < -0.4 is 10.6 Å². The fourth-order valence-electron chi connectivity index (χ4n) is 3.55. The minimum absolute atomic E-state index is 0.158. The average molecular weight is 395 g/mol. The number of ether oxygens (including phenoxy) is 1. The Morgan fingerprint density at radius 3 is 2.78 bits per heavy atom. The van der Waals surface area contributed by atoms with E-state index in [1.54, 1.807) is 11.3 Å². The van der Waals surface area contributed by atoms with Crippen molar-refractivity contribution in [3.63, 3.8) is 0 Å². The predicted octanol–water partition coefficient (Wildman–Crippen LogP) is 4.21. The number of nitrogens with zero attached hydrogens (tertiary/aromatic N) is 2. The predicted molar refractivity (Wildman–Crippen MR) is 116 cm³/mol. The quantitative estimate of drug-likeness (QED) is 0.537. The maximum Gasteiger partial charge on any atom is 0.191 e. The highest BCUT2D eigenvalue weighted by molar-refractivity contribution is 7.09. The molecule has 2 unspecified atom stereocenters. The van der Waals surface area contributed by atoms with E-state index in [1.807, 2.05) is 0 Å². The SMILES string of the molecule is CCNC(=NCC1CCCOC1C(C)(C)C)NCCc1csc(C(C)C)n1. The smallest absolute Gasteiger partial charge is 0.191 e. The lowest BCUT2D eigenvalue weighted by Gasteiger charge is -2.39. The normalized spacial score (nSPS) is 21.5. The summed E-state index contributed by atoms with van der Waals surface area (Å²) in [7, 11) is 0. The first kappa shape index (κ1) is 22.2. The monoisotopic (exact) mass is 394 g/mol. The molecule has 1 aromatic rings. The zero-order valence-electron chi connectivity index (χ0n) is 18.0. The zero-order valence-corrected chi connectivity index (χ0v) is 18.8. The Morgan fingerprint density at radius 1 is 1.37 bits per heavy atom. The van der Waals surface area contributed by atoms with E-state index in [0.29, 0.717) is 11.8 Å². The van der Waals surface area contributed by atoms with E-state index >= 15 is 0 Å². The lowest BCUT2D eigenvalue weighted by molar-refractivity contribution is -0.0823. The van der Waals surface area contributed by atoms with Crippen molar-refractivity contribution in [2.24, 2.45) is 16.3 Å². The Bertz CT molecular complexity index is 591. The van der Waals surface area contributed by atoms with Crippen LogP contribution in [-0.2, 0) is 11.2 Å². The van der Waals surface area contributed by atoms with Gasteiger partial charge in [-0.15, -0.1) is 11.3 Å². The number of aromatic nitrogens is 1. The summed E-state index contributed by atoms with van der Waals surface area (Å²) in [6.45, 7) is 16.7. The third kappa shape index (κ3) is 7.07. The van der Waals surface area contributed by atoms with Crippen LogP contribution in [0.15, 0.2) is 10.4 Å². The first-order valence-electron chi connectivity index (χ1n) is 10.4. The molecule has 2 N–H and O–H groups in total. The van der Waals surface area contributed by atoms with Gasteiger partial charge in [-0.3, -0.25) is 4.99 Å². The molecule has 2 rings (SSSR count). The number of rotatable bonds is 7. The second kappa shape index (κ2) is 10.4. The Kier molecular flexibility index (Phi) is 8.55. The summed E-state index contributed by atoms with van der Waals surface area (Å²) in [5.41, 5.74) is 1.33. The van der Waals surface area contributed by atoms with Gasteiger partial charge in [0.25, 0.3) is 0 Å². The highest BCUT2D eigenvalue weighted by Gasteiger charge is 2.35. The number of thiazole rings is 1. The molecule has 1 aliphatic rings. The van der Waals surface area contributed by atoms with Crippen molar-refractivity contribution >= 4 is 17.3 Å². The van der Waals surface area contributed by atoms with Crippen LogP contribution in [0.1, 0.15) is 71.0 Å². The molecular formula is C21H38N4OS. The van der Waals surface area contributed by atoms with E-state index in [1.165, 1.54) is 17.1 Å². The van der Waals surface area contributed by atoms with E-state index in [-0.39, 0.29) is 11.5 Å². The molecule has 27 heavy (non-hydrogen) atoms. The van der Waals surface area contributed by atoms with Gasteiger partial charge in [0.2, 0.25) is 0 Å². The van der Waals surface area contributed by atoms with E-state index in [9.17, 15) is 0 Å². The van der Waals surface area contributed by atoms with Gasteiger partial charge in [-0.2, -0.15) is 0 Å². The van der Waals surface area contributed by atoms with Gasteiger partial charge in [-0.1, -0.05) is 34.6 Å². The highest BCUT2D eigenvalue weighted by atomic mass is 32.1. The summed E-state index contributed by atoms with van der Waals surface area (Å²) < 4.78 is 6.09. The van der Waals surface area contributed by atoms with E-state index < -0.39 is 0 Å². The minimum Gasteiger partial charge on any atom is -0.377 e. The van der Waals surface area contributed by atoms with Crippen LogP contribution in [0.4, 0.5) is 0 Å². The highest BCUT2D eigenvalue weighted by Crippen LogP contribution is 2.34. The molecule has 1 aliphatic heterocycles. The first-order chi connectivity index (χ1) is 12.8. The van der Waals surface area contributed by atoms with Gasteiger partial charge >= 0.3 is 0 Å². The lowest BCUT2D eigenvalue weighted by Crippen LogP contribution is -2.43. The maximum atomic E-state index is 6.09. The van der Waals surface area contributed by atoms with Gasteiger partial charge < -0.3 is 15.4 Å². The summed E-state index contributed by atoms with van der Waals surface area (Å²) >= 11 is 1.76. The van der Waals surface area contributed by atoms with Crippen molar-refractivity contribution in [2.75, 3.05) is 26.2 Å². The van der Waals surface area contributed by atoms with Crippen LogP contribution >= 0.6 is 11.3 Å². The summed E-state index contributed by atoms with van der Waals surface area (Å²) in [6.07, 6.45) is 3.54. The fraction of sp³-hybridized carbons (Fsp3) is 0.810. The van der Waals surface area contributed by atoms with Crippen molar-refractivity contribution < 1.29 is 4.74 Å². The topological polar surface area (TPSA) is 58.5 Å². The van der Waals surface area contributed by atoms with Gasteiger partial charge in [0.15, 0.2) is 5.96 Å². The van der Waals surface area contributed by atoms with E-state index in [0.717, 1.165) is 45.0 Å². The molecule has 0 aromatic carbocycles. The Hall–Kier alpha value is -1.14. The molecule has 0 bridgehead atoms. The Labute approximate surface area is 169 Å². The van der Waals surface area contributed by atoms with Gasteiger partial charge in [0, 0.05) is 49.9 Å². The molecule has 5 nitrogen and oxygen atoms in total. The van der Waals surface area contributed by atoms with Crippen molar-refractivity contribution in [3.05, 3.63) is 16.1 Å². The summed E-state index contributed by atoms with van der Waals surface area (Å²) in [4.78, 5) is 9.57. The van der Waals surface area contributed by atoms with Crippen LogP contribution in [0.3, 0.4) is 0 Å². The third-order valence-corrected chi connectivity index (χ3v) is 6.06. The van der Waals surface area contributed by atoms with Gasteiger partial charge in [0.05, 0.1) is 16.8 Å². The molecule has 1 fully saturated rings. The molecular weight excluding hydrogens is 356 g/mol. The number of guanidine groups is 1. The zero-order chi connectivity index (χ0) is 19.9. The van der Waals surface area contributed by atoms with Crippen LogP contribution in [0.25, 0.3) is 0 Å². The van der Waals surface area contributed by atoms with Crippen molar-refractivity contribution in [1.29, 1.82) is 0 Å². The van der Waals surface area contributed by atoms with Crippen LogP contribution in [0, 0.1) is 11.3 Å². The van der Waals surface area contributed by atoms with E-state index in [4.69, 9.17) is 14.7 Å². The molecule has 0 radical (unpaired) electrons. The molecule has 0 saturated carbocycles. The summed E-state index contributed by atoms with van der Waals surface area (Å²) in [6, 6.07) is 0. The fourth-order valence-corrected chi connectivity index (χ4v) is 4.42. The van der Waals surface area contributed by atoms with Crippen LogP contribution in [0.5, 0.6) is 0 Å². The molecule has 2 heterocycles. The molecule has 0 amide bonds. The second-order valence-corrected chi connectivity index (χ2v) is 9.68. The van der Waals surface area contributed by atoms with Crippen molar-refractivity contribution in [3.8, 4) is 0 Å². The van der Waals surface area contributed by atoms with E-state index in [2.05, 4.69) is 57.6 Å². The largest absolute Gasteiger partial charge is 0.377 e. The number of aliphatic imine (C=N–C) groups is 1. The standard InChI is InChI=1S/C21H38N4OS/c1-7-22-20(23-11-10-17-14-27-19(25-17)15(2)3)24-13-16-9-8-12-26-18(16)21(4,5)6/h14-16,18H,7-13H2,1-6H3,(H2,22,23,24). The van der Waals surface area contributed by atoms with Crippen molar-refractivity contribution in [2.45, 2.75) is 72.8 Å². The minimum atomic E-state index is 0.158.